The zero-order valence-electron chi connectivity index (χ0n) is 11.8. The number of hydrogen-bond acceptors (Lipinski definition) is 5. The lowest BCUT2D eigenvalue weighted by Gasteiger charge is -2.07. The number of esters is 1. The first-order valence-electron chi connectivity index (χ1n) is 6.52. The summed E-state index contributed by atoms with van der Waals surface area (Å²) in [6.07, 6.45) is 1.59. The molecule has 0 aliphatic rings. The van der Waals surface area contributed by atoms with Crippen molar-refractivity contribution >= 4 is 28.3 Å². The van der Waals surface area contributed by atoms with Gasteiger partial charge in [0.2, 0.25) is 0 Å². The minimum atomic E-state index is -0.514. The van der Waals surface area contributed by atoms with Gasteiger partial charge in [-0.25, -0.2) is 9.78 Å². The molecule has 1 heterocycles. The third-order valence-corrected chi connectivity index (χ3v) is 3.51. The van der Waals surface area contributed by atoms with Crippen LogP contribution in [0.4, 0.5) is 5.13 Å². The molecule has 1 aromatic carbocycles. The summed E-state index contributed by atoms with van der Waals surface area (Å²) in [6, 6.07) is 7.18. The van der Waals surface area contributed by atoms with Gasteiger partial charge in [-0.3, -0.25) is 10.1 Å². The number of rotatable bonds is 5. The summed E-state index contributed by atoms with van der Waals surface area (Å²) in [6.45, 7) is 3.83. The predicted molar refractivity (Wildman–Crippen MR) is 81.6 cm³/mol. The van der Waals surface area contributed by atoms with Crippen LogP contribution in [0.5, 0.6) is 0 Å². The van der Waals surface area contributed by atoms with Crippen molar-refractivity contribution in [2.75, 3.05) is 11.9 Å². The molecule has 0 radical (unpaired) electrons. The summed E-state index contributed by atoms with van der Waals surface area (Å²) >= 11 is 1.30. The number of carbonyl (C=O) groups is 2. The van der Waals surface area contributed by atoms with Gasteiger partial charge in [-0.05, 0) is 23.6 Å². The van der Waals surface area contributed by atoms with Gasteiger partial charge < -0.3 is 4.74 Å². The standard InChI is InChI=1S/C15H16N2O3S/c1-10(2)11-3-5-12(6-4-11)14(19)20-9-13(18)17-15-16-7-8-21-15/h3-8,10H,9H2,1-2H3,(H,16,17,18). The van der Waals surface area contributed by atoms with Gasteiger partial charge in [-0.15, -0.1) is 11.3 Å². The molecule has 2 aromatic rings. The highest BCUT2D eigenvalue weighted by atomic mass is 32.1. The zero-order chi connectivity index (χ0) is 15.2. The van der Waals surface area contributed by atoms with E-state index in [2.05, 4.69) is 24.1 Å². The van der Waals surface area contributed by atoms with Gasteiger partial charge >= 0.3 is 5.97 Å². The Kier molecular flexibility index (Phi) is 5.05. The Morgan fingerprint density at radius 1 is 1.29 bits per heavy atom. The second-order valence-electron chi connectivity index (χ2n) is 4.74. The molecule has 1 N–H and O–H groups in total. The van der Waals surface area contributed by atoms with E-state index in [1.165, 1.54) is 11.3 Å². The van der Waals surface area contributed by atoms with Crippen molar-refractivity contribution in [1.82, 2.24) is 4.98 Å². The van der Waals surface area contributed by atoms with Crippen molar-refractivity contribution in [3.63, 3.8) is 0 Å². The SMILES string of the molecule is CC(C)c1ccc(C(=O)OCC(=O)Nc2nccs2)cc1. The molecule has 1 amide bonds. The number of anilines is 1. The molecule has 0 saturated heterocycles. The summed E-state index contributed by atoms with van der Waals surface area (Å²) in [5, 5.41) is 4.78. The molecule has 0 unspecified atom stereocenters. The number of benzene rings is 1. The van der Waals surface area contributed by atoms with Crippen molar-refractivity contribution < 1.29 is 14.3 Å². The van der Waals surface area contributed by atoms with Gasteiger partial charge in [0, 0.05) is 11.6 Å². The smallest absolute Gasteiger partial charge is 0.338 e. The van der Waals surface area contributed by atoms with E-state index < -0.39 is 11.9 Å². The Morgan fingerprint density at radius 2 is 2.00 bits per heavy atom. The number of carbonyl (C=O) groups excluding carboxylic acids is 2. The fraction of sp³-hybridized carbons (Fsp3) is 0.267. The van der Waals surface area contributed by atoms with E-state index in [-0.39, 0.29) is 6.61 Å². The third-order valence-electron chi connectivity index (χ3n) is 2.83. The van der Waals surface area contributed by atoms with Crippen LogP contribution in [0.3, 0.4) is 0 Å². The number of ether oxygens (including phenoxy) is 1. The van der Waals surface area contributed by atoms with E-state index in [1.54, 1.807) is 23.7 Å². The fourth-order valence-electron chi connectivity index (χ4n) is 1.66. The van der Waals surface area contributed by atoms with Crippen LogP contribution in [0.25, 0.3) is 0 Å². The van der Waals surface area contributed by atoms with Crippen molar-refractivity contribution in [1.29, 1.82) is 0 Å². The monoisotopic (exact) mass is 304 g/mol. The molecule has 0 aliphatic carbocycles. The first-order chi connectivity index (χ1) is 10.1. The fourth-order valence-corrected chi connectivity index (χ4v) is 2.20. The second kappa shape index (κ2) is 6.99. The van der Waals surface area contributed by atoms with Crippen LogP contribution in [0, 0.1) is 0 Å². The first kappa shape index (κ1) is 15.2. The van der Waals surface area contributed by atoms with E-state index in [9.17, 15) is 9.59 Å². The zero-order valence-corrected chi connectivity index (χ0v) is 12.6. The summed E-state index contributed by atoms with van der Waals surface area (Å²) in [5.74, 6) is -0.518. The Balaban J connectivity index is 1.85. The lowest BCUT2D eigenvalue weighted by atomic mass is 10.0. The molecule has 1 aromatic heterocycles. The predicted octanol–water partition coefficient (Wildman–Crippen LogP) is 3.06. The van der Waals surface area contributed by atoms with Crippen LogP contribution in [-0.2, 0) is 9.53 Å². The van der Waals surface area contributed by atoms with Gasteiger partial charge in [0.25, 0.3) is 5.91 Å². The number of amides is 1. The molecule has 2 rings (SSSR count). The van der Waals surface area contributed by atoms with E-state index in [1.807, 2.05) is 12.1 Å². The quantitative estimate of drug-likeness (QED) is 0.862. The normalized spacial score (nSPS) is 10.4. The van der Waals surface area contributed by atoms with Crippen LogP contribution in [0.1, 0.15) is 35.7 Å². The molecule has 0 saturated carbocycles. The maximum Gasteiger partial charge on any atom is 0.338 e. The number of thiazole rings is 1. The van der Waals surface area contributed by atoms with Crippen LogP contribution in [0.2, 0.25) is 0 Å². The van der Waals surface area contributed by atoms with Crippen LogP contribution in [0.15, 0.2) is 35.8 Å². The summed E-state index contributed by atoms with van der Waals surface area (Å²) < 4.78 is 4.96. The van der Waals surface area contributed by atoms with Gasteiger partial charge in [-0.1, -0.05) is 26.0 Å². The first-order valence-corrected chi connectivity index (χ1v) is 7.40. The Labute approximate surface area is 127 Å². The molecule has 0 fully saturated rings. The van der Waals surface area contributed by atoms with E-state index in [4.69, 9.17) is 4.74 Å². The molecule has 0 spiro atoms. The van der Waals surface area contributed by atoms with Crippen molar-refractivity contribution in [2.45, 2.75) is 19.8 Å². The van der Waals surface area contributed by atoms with Gasteiger partial charge in [-0.2, -0.15) is 0 Å². The summed E-state index contributed by atoms with van der Waals surface area (Å²) in [5.41, 5.74) is 1.58. The van der Waals surface area contributed by atoms with Gasteiger partial charge in [0.15, 0.2) is 11.7 Å². The average molecular weight is 304 g/mol. The number of nitrogens with one attached hydrogen (secondary N) is 1. The average Bonchev–Trinajstić information content (AvgIpc) is 2.97. The molecule has 0 bridgehead atoms. The molecular formula is C15H16N2O3S. The Morgan fingerprint density at radius 3 is 2.57 bits per heavy atom. The molecule has 21 heavy (non-hydrogen) atoms. The maximum atomic E-state index is 11.8. The minimum absolute atomic E-state index is 0.329. The largest absolute Gasteiger partial charge is 0.452 e. The van der Waals surface area contributed by atoms with E-state index in [0.717, 1.165) is 5.56 Å². The maximum absolute atomic E-state index is 11.8. The highest BCUT2D eigenvalue weighted by molar-refractivity contribution is 7.13. The molecule has 0 atom stereocenters. The summed E-state index contributed by atoms with van der Waals surface area (Å²) in [7, 11) is 0. The van der Waals surface area contributed by atoms with Gasteiger partial charge in [0.1, 0.15) is 0 Å². The van der Waals surface area contributed by atoms with Crippen LogP contribution in [-0.4, -0.2) is 23.5 Å². The highest BCUT2D eigenvalue weighted by Gasteiger charge is 2.11. The highest BCUT2D eigenvalue weighted by Crippen LogP contribution is 2.15. The third kappa shape index (κ3) is 4.39. The Hall–Kier alpha value is -2.21. The minimum Gasteiger partial charge on any atom is -0.452 e. The topological polar surface area (TPSA) is 68.3 Å². The van der Waals surface area contributed by atoms with Crippen LogP contribution >= 0.6 is 11.3 Å². The lowest BCUT2D eigenvalue weighted by molar-refractivity contribution is -0.119. The molecular weight excluding hydrogens is 288 g/mol. The molecule has 6 heteroatoms. The van der Waals surface area contributed by atoms with Crippen LogP contribution < -0.4 is 5.32 Å². The van der Waals surface area contributed by atoms with E-state index >= 15 is 0 Å². The van der Waals surface area contributed by atoms with Crippen molar-refractivity contribution in [3.05, 3.63) is 47.0 Å². The lowest BCUT2D eigenvalue weighted by Crippen LogP contribution is -2.20. The molecule has 5 nitrogen and oxygen atoms in total. The molecule has 0 aliphatic heterocycles. The number of hydrogen-bond donors (Lipinski definition) is 1. The number of aromatic nitrogens is 1. The molecule has 110 valence electrons. The van der Waals surface area contributed by atoms with Crippen molar-refractivity contribution in [2.24, 2.45) is 0 Å². The van der Waals surface area contributed by atoms with E-state index in [0.29, 0.717) is 16.6 Å². The second-order valence-corrected chi connectivity index (χ2v) is 5.63. The summed E-state index contributed by atoms with van der Waals surface area (Å²) in [4.78, 5) is 27.3. The Bertz CT molecular complexity index is 606. The van der Waals surface area contributed by atoms with Crippen molar-refractivity contribution in [3.8, 4) is 0 Å². The van der Waals surface area contributed by atoms with Gasteiger partial charge in [0.05, 0.1) is 5.56 Å². The number of nitrogens with zero attached hydrogens (tertiary/aromatic N) is 1.